The molecule has 0 aliphatic heterocycles. The Morgan fingerprint density at radius 3 is 2.70 bits per heavy atom. The number of nitrogens with one attached hydrogen (secondary N) is 2. The maximum Gasteiger partial charge on any atom is 0.315 e. The molecule has 1 atom stereocenters. The molecule has 7 heteroatoms. The largest absolute Gasteiger partial charge is 0.481 e. The molecule has 2 amide bonds. The Kier molecular flexibility index (Phi) is 3.96. The van der Waals surface area contributed by atoms with Gasteiger partial charge in [-0.2, -0.15) is 0 Å². The molecule has 1 aliphatic carbocycles. The van der Waals surface area contributed by atoms with Crippen LogP contribution in [0.5, 0.6) is 0 Å². The standard InChI is InChI=1S/C13H19N3O4/c1-8-7-14-11(20-8)9(2)15-12(19)16-13(4-3-5-13)6-10(17)18/h7,9H,3-6H2,1-2H3,(H,17,18)(H2,15,16,19). The van der Waals surface area contributed by atoms with Crippen LogP contribution in [0.25, 0.3) is 0 Å². The second kappa shape index (κ2) is 5.52. The monoisotopic (exact) mass is 281 g/mol. The fourth-order valence-electron chi connectivity index (χ4n) is 2.35. The highest BCUT2D eigenvalue weighted by molar-refractivity contribution is 5.77. The predicted molar refractivity (Wildman–Crippen MR) is 70.2 cm³/mol. The molecule has 1 fully saturated rings. The van der Waals surface area contributed by atoms with E-state index in [0.29, 0.717) is 24.5 Å². The summed E-state index contributed by atoms with van der Waals surface area (Å²) in [5.74, 6) is 0.204. The van der Waals surface area contributed by atoms with Crippen molar-refractivity contribution < 1.29 is 19.1 Å². The third-order valence-electron chi connectivity index (χ3n) is 3.54. The number of urea groups is 1. The van der Waals surface area contributed by atoms with E-state index in [1.165, 1.54) is 0 Å². The second-order valence-electron chi connectivity index (χ2n) is 5.33. The average molecular weight is 281 g/mol. The van der Waals surface area contributed by atoms with E-state index in [1.807, 2.05) is 0 Å². The van der Waals surface area contributed by atoms with Gasteiger partial charge in [0.05, 0.1) is 18.2 Å². The molecule has 1 aromatic rings. The molecule has 1 aliphatic rings. The van der Waals surface area contributed by atoms with E-state index in [1.54, 1.807) is 20.0 Å². The number of nitrogens with zero attached hydrogens (tertiary/aromatic N) is 1. The van der Waals surface area contributed by atoms with Gasteiger partial charge in [-0.25, -0.2) is 9.78 Å². The summed E-state index contributed by atoms with van der Waals surface area (Å²) in [6, 6.07) is -0.764. The first-order chi connectivity index (χ1) is 9.40. The summed E-state index contributed by atoms with van der Waals surface area (Å²) >= 11 is 0. The molecule has 0 radical (unpaired) electrons. The Bertz CT molecular complexity index is 507. The molecule has 1 saturated carbocycles. The van der Waals surface area contributed by atoms with Crippen LogP contribution in [-0.4, -0.2) is 27.6 Å². The minimum atomic E-state index is -0.902. The van der Waals surface area contributed by atoms with Crippen LogP contribution in [0.15, 0.2) is 10.6 Å². The van der Waals surface area contributed by atoms with E-state index in [4.69, 9.17) is 9.52 Å². The highest BCUT2D eigenvalue weighted by Gasteiger charge is 2.40. The van der Waals surface area contributed by atoms with E-state index >= 15 is 0 Å². The lowest BCUT2D eigenvalue weighted by Crippen LogP contribution is -2.57. The molecule has 20 heavy (non-hydrogen) atoms. The number of aryl methyl sites for hydroxylation is 1. The Labute approximate surface area is 116 Å². The van der Waals surface area contributed by atoms with E-state index in [9.17, 15) is 9.59 Å². The Morgan fingerprint density at radius 2 is 2.25 bits per heavy atom. The fourth-order valence-corrected chi connectivity index (χ4v) is 2.35. The van der Waals surface area contributed by atoms with Crippen molar-refractivity contribution in [2.24, 2.45) is 0 Å². The van der Waals surface area contributed by atoms with Crippen molar-refractivity contribution >= 4 is 12.0 Å². The Morgan fingerprint density at radius 1 is 1.55 bits per heavy atom. The summed E-state index contributed by atoms with van der Waals surface area (Å²) in [4.78, 5) is 26.8. The summed E-state index contributed by atoms with van der Waals surface area (Å²) in [5, 5.41) is 14.4. The molecule has 2 rings (SSSR count). The van der Waals surface area contributed by atoms with Crippen LogP contribution < -0.4 is 10.6 Å². The fraction of sp³-hybridized carbons (Fsp3) is 0.615. The first-order valence-electron chi connectivity index (χ1n) is 6.63. The van der Waals surface area contributed by atoms with Crippen LogP contribution >= 0.6 is 0 Å². The van der Waals surface area contributed by atoms with Crippen LogP contribution in [0.2, 0.25) is 0 Å². The number of carboxylic acid groups (broad SMARTS) is 1. The van der Waals surface area contributed by atoms with Gasteiger partial charge in [-0.1, -0.05) is 0 Å². The van der Waals surface area contributed by atoms with E-state index < -0.39 is 17.5 Å². The first kappa shape index (κ1) is 14.4. The summed E-state index contributed by atoms with van der Waals surface area (Å²) in [7, 11) is 0. The molecule has 110 valence electrons. The van der Waals surface area contributed by atoms with E-state index in [0.717, 1.165) is 6.42 Å². The maximum atomic E-state index is 11.9. The number of carbonyl (C=O) groups is 2. The zero-order chi connectivity index (χ0) is 14.8. The zero-order valence-corrected chi connectivity index (χ0v) is 11.6. The number of aromatic nitrogens is 1. The summed E-state index contributed by atoms with van der Waals surface area (Å²) in [5.41, 5.74) is -0.609. The van der Waals surface area contributed by atoms with E-state index in [2.05, 4.69) is 15.6 Å². The molecular weight excluding hydrogens is 262 g/mol. The summed E-state index contributed by atoms with van der Waals surface area (Å²) < 4.78 is 5.33. The van der Waals surface area contributed by atoms with Crippen molar-refractivity contribution in [2.45, 2.75) is 51.1 Å². The minimum absolute atomic E-state index is 0.0487. The molecule has 0 saturated heterocycles. The topological polar surface area (TPSA) is 104 Å². The van der Waals surface area contributed by atoms with Gasteiger partial charge in [0.15, 0.2) is 0 Å². The van der Waals surface area contributed by atoms with Gasteiger partial charge < -0.3 is 20.2 Å². The number of aliphatic carboxylic acids is 1. The van der Waals surface area contributed by atoms with Crippen molar-refractivity contribution in [3.63, 3.8) is 0 Å². The molecule has 0 aromatic carbocycles. The van der Waals surface area contributed by atoms with Gasteiger partial charge in [-0.05, 0) is 33.1 Å². The van der Waals surface area contributed by atoms with Crippen LogP contribution in [0.1, 0.15) is 50.3 Å². The highest BCUT2D eigenvalue weighted by Crippen LogP contribution is 2.34. The lowest BCUT2D eigenvalue weighted by atomic mass is 9.74. The number of oxazole rings is 1. The number of hydrogen-bond donors (Lipinski definition) is 3. The third kappa shape index (κ3) is 3.28. The summed E-state index contributed by atoms with van der Waals surface area (Å²) in [6.07, 6.45) is 3.86. The minimum Gasteiger partial charge on any atom is -0.481 e. The van der Waals surface area contributed by atoms with Gasteiger partial charge in [-0.3, -0.25) is 4.79 Å². The van der Waals surface area contributed by atoms with Gasteiger partial charge in [-0.15, -0.1) is 0 Å². The number of amides is 2. The van der Waals surface area contributed by atoms with Gasteiger partial charge in [0, 0.05) is 0 Å². The van der Waals surface area contributed by atoms with Crippen molar-refractivity contribution in [2.75, 3.05) is 0 Å². The first-order valence-corrected chi connectivity index (χ1v) is 6.63. The van der Waals surface area contributed by atoms with Crippen LogP contribution in [-0.2, 0) is 4.79 Å². The Balaban J connectivity index is 1.90. The van der Waals surface area contributed by atoms with Crippen LogP contribution in [0.3, 0.4) is 0 Å². The predicted octanol–water partition coefficient (Wildman–Crippen LogP) is 1.74. The molecule has 0 spiro atoms. The molecule has 0 bridgehead atoms. The molecule has 1 heterocycles. The smallest absolute Gasteiger partial charge is 0.315 e. The van der Waals surface area contributed by atoms with Crippen molar-refractivity contribution in [1.82, 2.24) is 15.6 Å². The number of carbonyl (C=O) groups excluding carboxylic acids is 1. The molecule has 7 nitrogen and oxygen atoms in total. The second-order valence-corrected chi connectivity index (χ2v) is 5.33. The van der Waals surface area contributed by atoms with Crippen LogP contribution in [0.4, 0.5) is 4.79 Å². The van der Waals surface area contributed by atoms with Crippen molar-refractivity contribution in [3.05, 3.63) is 17.8 Å². The van der Waals surface area contributed by atoms with Gasteiger partial charge >= 0.3 is 12.0 Å². The zero-order valence-electron chi connectivity index (χ0n) is 11.6. The maximum absolute atomic E-state index is 11.9. The number of carboxylic acids is 1. The normalized spacial score (nSPS) is 17.9. The number of hydrogen-bond acceptors (Lipinski definition) is 4. The highest BCUT2D eigenvalue weighted by atomic mass is 16.4. The lowest BCUT2D eigenvalue weighted by molar-refractivity contribution is -0.139. The van der Waals surface area contributed by atoms with Gasteiger partial charge in [0.1, 0.15) is 11.8 Å². The van der Waals surface area contributed by atoms with Crippen molar-refractivity contribution in [3.8, 4) is 0 Å². The molecule has 1 unspecified atom stereocenters. The third-order valence-corrected chi connectivity index (χ3v) is 3.54. The molecular formula is C13H19N3O4. The van der Waals surface area contributed by atoms with Gasteiger partial charge in [0.2, 0.25) is 5.89 Å². The molecule has 1 aromatic heterocycles. The average Bonchev–Trinajstić information content (AvgIpc) is 2.72. The SMILES string of the molecule is Cc1cnc(C(C)NC(=O)NC2(CC(=O)O)CCC2)o1. The Hall–Kier alpha value is -2.05. The van der Waals surface area contributed by atoms with Gasteiger partial charge in [0.25, 0.3) is 0 Å². The van der Waals surface area contributed by atoms with E-state index in [-0.39, 0.29) is 12.5 Å². The van der Waals surface area contributed by atoms with Crippen molar-refractivity contribution in [1.29, 1.82) is 0 Å². The summed E-state index contributed by atoms with van der Waals surface area (Å²) in [6.45, 7) is 3.54. The van der Waals surface area contributed by atoms with Crippen LogP contribution in [0, 0.1) is 6.92 Å². The number of rotatable bonds is 5. The lowest BCUT2D eigenvalue weighted by Gasteiger charge is -2.41. The quantitative estimate of drug-likeness (QED) is 0.762. The molecule has 3 N–H and O–H groups in total.